The quantitative estimate of drug-likeness (QED) is 0.214. The van der Waals surface area contributed by atoms with Crippen LogP contribution in [0.2, 0.25) is 0 Å². The van der Waals surface area contributed by atoms with Gasteiger partial charge in [-0.15, -0.1) is 11.6 Å². The maximum Gasteiger partial charge on any atom is 0.116 e. The SMILES string of the molecule is CCCCCCCCCCCCCCCC[N+](C)(C)CC(O)CCl.[Cl-]. The first kappa shape index (κ1) is 27.7. The van der Waals surface area contributed by atoms with Crippen molar-refractivity contribution in [1.82, 2.24) is 0 Å². The van der Waals surface area contributed by atoms with E-state index in [2.05, 4.69) is 21.0 Å². The molecule has 2 nitrogen and oxygen atoms in total. The Balaban J connectivity index is 0. The molecule has 0 rings (SSSR count). The van der Waals surface area contributed by atoms with Gasteiger partial charge in [0.25, 0.3) is 0 Å². The zero-order chi connectivity index (χ0) is 18.1. The number of aliphatic hydroxyl groups is 1. The lowest BCUT2D eigenvalue weighted by molar-refractivity contribution is -0.893. The molecule has 0 saturated heterocycles. The Kier molecular flexibility index (Phi) is 21.4. The molecule has 0 aliphatic rings. The number of likely N-dealkylation sites (N-methyl/N-ethyl adjacent to an activating group) is 1. The fourth-order valence-corrected chi connectivity index (χ4v) is 3.54. The summed E-state index contributed by atoms with van der Waals surface area (Å²) in [5.41, 5.74) is 0. The van der Waals surface area contributed by atoms with Crippen LogP contribution in [0, 0.1) is 0 Å². The van der Waals surface area contributed by atoms with Gasteiger partial charge in [0.15, 0.2) is 0 Å². The third kappa shape index (κ3) is 20.7. The first-order valence-corrected chi connectivity index (χ1v) is 11.1. The zero-order valence-electron chi connectivity index (χ0n) is 17.2. The molecule has 4 heteroatoms. The van der Waals surface area contributed by atoms with Gasteiger partial charge in [-0.05, 0) is 12.8 Å². The van der Waals surface area contributed by atoms with Crippen LogP contribution < -0.4 is 12.4 Å². The van der Waals surface area contributed by atoms with Crippen molar-refractivity contribution in [2.24, 2.45) is 0 Å². The Hall–Kier alpha value is 0.500. The van der Waals surface area contributed by atoms with E-state index in [0.29, 0.717) is 5.88 Å². The number of nitrogens with zero attached hydrogens (tertiary/aromatic N) is 1. The lowest BCUT2D eigenvalue weighted by atomic mass is 10.0. The Morgan fingerprint density at radius 2 is 1.08 bits per heavy atom. The molecule has 0 bridgehead atoms. The lowest BCUT2D eigenvalue weighted by Gasteiger charge is -2.31. The van der Waals surface area contributed by atoms with Gasteiger partial charge in [0.1, 0.15) is 12.6 Å². The molecule has 0 radical (unpaired) electrons. The van der Waals surface area contributed by atoms with Crippen LogP contribution in [0.15, 0.2) is 0 Å². The van der Waals surface area contributed by atoms with Crippen LogP contribution in [0.3, 0.4) is 0 Å². The van der Waals surface area contributed by atoms with Gasteiger partial charge in [0.05, 0.1) is 26.5 Å². The average molecular weight is 399 g/mol. The molecule has 0 aromatic heterocycles. The molecule has 1 unspecified atom stereocenters. The fourth-order valence-electron chi connectivity index (χ4n) is 3.44. The summed E-state index contributed by atoms with van der Waals surface area (Å²) in [5.74, 6) is 0.348. The minimum atomic E-state index is -0.367. The second-order valence-electron chi connectivity index (χ2n) is 8.25. The van der Waals surface area contributed by atoms with Crippen molar-refractivity contribution >= 4 is 11.6 Å². The van der Waals surface area contributed by atoms with E-state index in [1.807, 2.05) is 0 Å². The number of alkyl halides is 1. The van der Waals surface area contributed by atoms with Crippen LogP contribution in [-0.2, 0) is 0 Å². The van der Waals surface area contributed by atoms with Crippen molar-refractivity contribution < 1.29 is 22.0 Å². The van der Waals surface area contributed by atoms with Crippen LogP contribution in [0.5, 0.6) is 0 Å². The van der Waals surface area contributed by atoms with E-state index < -0.39 is 0 Å². The predicted octanol–water partition coefficient (Wildman–Crippen LogP) is 3.15. The molecule has 25 heavy (non-hydrogen) atoms. The van der Waals surface area contributed by atoms with Crippen LogP contribution in [0.25, 0.3) is 0 Å². The largest absolute Gasteiger partial charge is 1.00 e. The number of hydrogen-bond acceptors (Lipinski definition) is 1. The lowest BCUT2D eigenvalue weighted by Crippen LogP contribution is -3.00. The molecule has 0 heterocycles. The fraction of sp³-hybridized carbons (Fsp3) is 1.00. The Bertz CT molecular complexity index is 262. The maximum atomic E-state index is 9.66. The van der Waals surface area contributed by atoms with Crippen LogP contribution >= 0.6 is 11.6 Å². The van der Waals surface area contributed by atoms with Gasteiger partial charge in [0.2, 0.25) is 0 Å². The molecule has 1 N–H and O–H groups in total. The number of rotatable bonds is 18. The van der Waals surface area contributed by atoms with Crippen molar-refractivity contribution in [3.63, 3.8) is 0 Å². The zero-order valence-corrected chi connectivity index (χ0v) is 18.8. The van der Waals surface area contributed by atoms with Gasteiger partial charge in [-0.25, -0.2) is 0 Å². The summed E-state index contributed by atoms with van der Waals surface area (Å²) in [4.78, 5) is 0. The monoisotopic (exact) mass is 397 g/mol. The molecule has 0 spiro atoms. The van der Waals surface area contributed by atoms with E-state index in [1.165, 1.54) is 89.9 Å². The topological polar surface area (TPSA) is 20.2 Å². The number of unbranched alkanes of at least 4 members (excludes halogenated alkanes) is 13. The summed E-state index contributed by atoms with van der Waals surface area (Å²) >= 11 is 5.69. The molecule has 1 atom stereocenters. The third-order valence-electron chi connectivity index (χ3n) is 5.00. The van der Waals surface area contributed by atoms with E-state index >= 15 is 0 Å². The summed E-state index contributed by atoms with van der Waals surface area (Å²) < 4.78 is 0.881. The van der Waals surface area contributed by atoms with Crippen LogP contribution in [0.4, 0.5) is 0 Å². The Labute approximate surface area is 169 Å². The maximum absolute atomic E-state index is 9.66. The van der Waals surface area contributed by atoms with Crippen molar-refractivity contribution in [2.75, 3.05) is 33.1 Å². The molecule has 0 aliphatic carbocycles. The predicted molar refractivity (Wildman–Crippen MR) is 109 cm³/mol. The van der Waals surface area contributed by atoms with Crippen LogP contribution in [0.1, 0.15) is 96.8 Å². The van der Waals surface area contributed by atoms with Crippen molar-refractivity contribution in [2.45, 2.75) is 103 Å². The average Bonchev–Trinajstić information content (AvgIpc) is 2.54. The normalized spacial score (nSPS) is 12.8. The van der Waals surface area contributed by atoms with Gasteiger partial charge in [-0.1, -0.05) is 84.0 Å². The van der Waals surface area contributed by atoms with E-state index in [-0.39, 0.29) is 18.5 Å². The van der Waals surface area contributed by atoms with Crippen molar-refractivity contribution in [1.29, 1.82) is 0 Å². The molecular formula is C21H45Cl2NO. The molecule has 0 amide bonds. The molecule has 0 aromatic rings. The van der Waals surface area contributed by atoms with Gasteiger partial charge < -0.3 is 22.0 Å². The smallest absolute Gasteiger partial charge is 0.116 e. The third-order valence-corrected chi connectivity index (χ3v) is 5.36. The summed E-state index contributed by atoms with van der Waals surface area (Å²) in [6.45, 7) is 4.19. The van der Waals surface area contributed by atoms with Gasteiger partial charge in [-0.3, -0.25) is 0 Å². The second kappa shape index (κ2) is 19.3. The number of quaternary nitrogens is 1. The molecule has 0 aliphatic heterocycles. The first-order chi connectivity index (χ1) is 11.5. The highest BCUT2D eigenvalue weighted by Gasteiger charge is 2.19. The summed E-state index contributed by atoms with van der Waals surface area (Å²) in [6, 6.07) is 0. The Morgan fingerprint density at radius 3 is 1.44 bits per heavy atom. The number of hydrogen-bond donors (Lipinski definition) is 1. The number of aliphatic hydroxyl groups excluding tert-OH is 1. The Morgan fingerprint density at radius 1 is 0.720 bits per heavy atom. The van der Waals surface area contributed by atoms with Crippen molar-refractivity contribution in [3.8, 4) is 0 Å². The van der Waals surface area contributed by atoms with Gasteiger partial charge >= 0.3 is 0 Å². The van der Waals surface area contributed by atoms with Gasteiger partial charge in [-0.2, -0.15) is 0 Å². The molecule has 0 saturated carbocycles. The van der Waals surface area contributed by atoms with Gasteiger partial charge in [0, 0.05) is 0 Å². The minimum Gasteiger partial charge on any atom is -1.00 e. The molecular weight excluding hydrogens is 353 g/mol. The second-order valence-corrected chi connectivity index (χ2v) is 8.55. The first-order valence-electron chi connectivity index (χ1n) is 10.6. The highest BCUT2D eigenvalue weighted by atomic mass is 35.5. The number of halogens is 2. The van der Waals surface area contributed by atoms with E-state index in [0.717, 1.165) is 17.6 Å². The molecule has 154 valence electrons. The summed E-state index contributed by atoms with van der Waals surface area (Å²) in [5, 5.41) is 9.66. The molecule has 0 fully saturated rings. The van der Waals surface area contributed by atoms with Crippen molar-refractivity contribution in [3.05, 3.63) is 0 Å². The van der Waals surface area contributed by atoms with Crippen LogP contribution in [-0.4, -0.2) is 48.8 Å². The minimum absolute atomic E-state index is 0. The highest BCUT2D eigenvalue weighted by molar-refractivity contribution is 6.18. The van der Waals surface area contributed by atoms with E-state index in [9.17, 15) is 5.11 Å². The highest BCUT2D eigenvalue weighted by Crippen LogP contribution is 2.13. The summed E-state index contributed by atoms with van der Waals surface area (Å²) in [6.07, 6.45) is 19.3. The van der Waals surface area contributed by atoms with E-state index in [1.54, 1.807) is 0 Å². The summed E-state index contributed by atoms with van der Waals surface area (Å²) in [7, 11) is 4.38. The molecule has 0 aromatic carbocycles. The van der Waals surface area contributed by atoms with E-state index in [4.69, 9.17) is 11.6 Å². The standard InChI is InChI=1S/C21H45ClNO.ClH/c1-4-5-6-7-8-9-10-11-12-13-14-15-16-17-18-23(2,3)20-21(24)19-22;/h21,24H,4-20H2,1-3H3;1H/q+1;/p-1.